The maximum Gasteiger partial charge on any atom is 0.165 e. The van der Waals surface area contributed by atoms with Crippen molar-refractivity contribution in [2.24, 2.45) is 0 Å². The molecule has 4 nitrogen and oxygen atoms in total. The maximum absolute atomic E-state index is 10.3. The number of nitrogens with zero attached hydrogens (tertiary/aromatic N) is 1. The highest BCUT2D eigenvalue weighted by atomic mass is 35.5. The summed E-state index contributed by atoms with van der Waals surface area (Å²) in [6.07, 6.45) is -0.402. The highest BCUT2D eigenvalue weighted by Gasteiger charge is 2.20. The molecule has 0 aliphatic carbocycles. The first-order valence-corrected chi connectivity index (χ1v) is 8.06. The van der Waals surface area contributed by atoms with Gasteiger partial charge in [0.25, 0.3) is 0 Å². The van der Waals surface area contributed by atoms with Gasteiger partial charge in [0, 0.05) is 30.2 Å². The fourth-order valence-corrected chi connectivity index (χ4v) is 3.11. The molecule has 1 heterocycles. The van der Waals surface area contributed by atoms with Gasteiger partial charge in [-0.3, -0.25) is 4.90 Å². The summed E-state index contributed by atoms with van der Waals surface area (Å²) in [5, 5.41) is 20.6. The number of rotatable bonds is 3. The average molecular weight is 334 g/mol. The fourth-order valence-electron chi connectivity index (χ4n) is 2.92. The Kier molecular flexibility index (Phi) is 4.76. The quantitative estimate of drug-likeness (QED) is 0.905. The summed E-state index contributed by atoms with van der Waals surface area (Å²) in [6, 6.07) is 11.3. The zero-order chi connectivity index (χ0) is 16.4. The summed E-state index contributed by atoms with van der Waals surface area (Å²) in [6.45, 7) is 4.18. The normalized spacial score (nSPS) is 16.3. The zero-order valence-corrected chi connectivity index (χ0v) is 13.8. The summed E-state index contributed by atoms with van der Waals surface area (Å²) >= 11 is 6.06. The molecule has 0 bridgehead atoms. The number of β-amino-alcohol motifs (C(OH)–C–C–N with tert-alkyl or cyclic N) is 1. The van der Waals surface area contributed by atoms with Crippen LogP contribution in [0.2, 0.25) is 5.02 Å². The van der Waals surface area contributed by atoms with E-state index in [0.29, 0.717) is 37.0 Å². The van der Waals surface area contributed by atoms with Gasteiger partial charge >= 0.3 is 0 Å². The highest BCUT2D eigenvalue weighted by Crippen LogP contribution is 2.38. The molecule has 0 radical (unpaired) electrons. The summed E-state index contributed by atoms with van der Waals surface area (Å²) in [5.74, 6) is 0.667. The Morgan fingerprint density at radius 1 is 1.26 bits per heavy atom. The minimum Gasteiger partial charge on any atom is -0.504 e. The van der Waals surface area contributed by atoms with Crippen molar-refractivity contribution in [2.45, 2.75) is 19.6 Å². The van der Waals surface area contributed by atoms with E-state index in [4.69, 9.17) is 16.3 Å². The Balaban J connectivity index is 1.97. The SMILES string of the molecule is CC(O)CN1CCOc2c(O)cc(-c3cccc(Cl)c3)cc2C1. The first-order chi connectivity index (χ1) is 11.0. The van der Waals surface area contributed by atoms with E-state index in [-0.39, 0.29) is 5.75 Å². The second-order valence-corrected chi connectivity index (χ2v) is 6.36. The number of aliphatic hydroxyl groups is 1. The van der Waals surface area contributed by atoms with Crippen molar-refractivity contribution in [3.8, 4) is 22.6 Å². The number of phenolic OH excluding ortho intramolecular Hbond substituents is 1. The molecule has 0 saturated carbocycles. The van der Waals surface area contributed by atoms with E-state index in [1.807, 2.05) is 30.3 Å². The number of benzene rings is 2. The predicted molar refractivity (Wildman–Crippen MR) is 91.0 cm³/mol. The van der Waals surface area contributed by atoms with Gasteiger partial charge in [-0.05, 0) is 42.3 Å². The van der Waals surface area contributed by atoms with Crippen molar-refractivity contribution in [3.63, 3.8) is 0 Å². The van der Waals surface area contributed by atoms with Crippen molar-refractivity contribution in [1.82, 2.24) is 4.90 Å². The summed E-state index contributed by atoms with van der Waals surface area (Å²) in [5.41, 5.74) is 2.76. The molecule has 122 valence electrons. The first kappa shape index (κ1) is 16.1. The standard InChI is InChI=1S/C18H20ClNO3/c1-12(21)10-20-5-6-23-18-15(11-20)7-14(9-17(18)22)13-3-2-4-16(19)8-13/h2-4,7-9,12,21-22H,5-6,10-11H2,1H3. The number of aliphatic hydroxyl groups excluding tert-OH is 1. The lowest BCUT2D eigenvalue weighted by molar-refractivity contribution is 0.117. The maximum atomic E-state index is 10.3. The minimum absolute atomic E-state index is 0.136. The molecule has 2 aromatic rings. The van der Waals surface area contributed by atoms with E-state index < -0.39 is 6.10 Å². The molecular weight excluding hydrogens is 314 g/mol. The highest BCUT2D eigenvalue weighted by molar-refractivity contribution is 6.30. The molecular formula is C18H20ClNO3. The zero-order valence-electron chi connectivity index (χ0n) is 13.0. The third kappa shape index (κ3) is 3.78. The Labute approximate surface area is 140 Å². The molecule has 1 aliphatic heterocycles. The van der Waals surface area contributed by atoms with Crippen LogP contribution >= 0.6 is 11.6 Å². The Morgan fingerprint density at radius 2 is 2.09 bits per heavy atom. The van der Waals surface area contributed by atoms with Crippen LogP contribution in [0, 0.1) is 0 Å². The van der Waals surface area contributed by atoms with Gasteiger partial charge in [-0.2, -0.15) is 0 Å². The van der Waals surface area contributed by atoms with Crippen LogP contribution in [0.4, 0.5) is 0 Å². The summed E-state index contributed by atoms with van der Waals surface area (Å²) in [4.78, 5) is 2.12. The van der Waals surface area contributed by atoms with Crippen molar-refractivity contribution >= 4 is 11.6 Å². The van der Waals surface area contributed by atoms with Crippen LogP contribution in [0.15, 0.2) is 36.4 Å². The second kappa shape index (κ2) is 6.79. The monoisotopic (exact) mass is 333 g/mol. The smallest absolute Gasteiger partial charge is 0.165 e. The second-order valence-electron chi connectivity index (χ2n) is 5.93. The Bertz CT molecular complexity index is 703. The van der Waals surface area contributed by atoms with Crippen LogP contribution in [-0.2, 0) is 6.54 Å². The van der Waals surface area contributed by atoms with Gasteiger partial charge in [0.1, 0.15) is 6.61 Å². The van der Waals surface area contributed by atoms with Crippen LogP contribution in [0.3, 0.4) is 0 Å². The molecule has 2 N–H and O–H groups in total. The molecule has 0 amide bonds. The number of fused-ring (bicyclic) bond motifs is 1. The van der Waals surface area contributed by atoms with Crippen molar-refractivity contribution in [1.29, 1.82) is 0 Å². The molecule has 1 aliphatic rings. The van der Waals surface area contributed by atoms with Crippen LogP contribution in [0.1, 0.15) is 12.5 Å². The summed E-state index contributed by atoms with van der Waals surface area (Å²) in [7, 11) is 0. The Morgan fingerprint density at radius 3 is 2.83 bits per heavy atom. The van der Waals surface area contributed by atoms with Gasteiger partial charge in [-0.1, -0.05) is 23.7 Å². The number of aromatic hydroxyl groups is 1. The van der Waals surface area contributed by atoms with E-state index in [0.717, 1.165) is 16.7 Å². The molecule has 1 atom stereocenters. The lowest BCUT2D eigenvalue weighted by Gasteiger charge is -2.21. The largest absolute Gasteiger partial charge is 0.504 e. The summed E-state index contributed by atoms with van der Waals surface area (Å²) < 4.78 is 5.71. The van der Waals surface area contributed by atoms with Crippen molar-refractivity contribution in [3.05, 3.63) is 47.0 Å². The number of ether oxygens (including phenoxy) is 1. The number of hydrogen-bond donors (Lipinski definition) is 2. The molecule has 23 heavy (non-hydrogen) atoms. The number of halogens is 1. The minimum atomic E-state index is -0.402. The average Bonchev–Trinajstić information content (AvgIpc) is 2.68. The van der Waals surface area contributed by atoms with Crippen molar-refractivity contribution < 1.29 is 14.9 Å². The molecule has 0 fully saturated rings. The number of hydrogen-bond acceptors (Lipinski definition) is 4. The molecule has 0 spiro atoms. The lowest BCUT2D eigenvalue weighted by atomic mass is 10.0. The van der Waals surface area contributed by atoms with E-state index in [2.05, 4.69) is 4.90 Å². The molecule has 2 aromatic carbocycles. The molecule has 0 aromatic heterocycles. The van der Waals surface area contributed by atoms with E-state index in [9.17, 15) is 10.2 Å². The fraction of sp³-hybridized carbons (Fsp3) is 0.333. The topological polar surface area (TPSA) is 52.9 Å². The predicted octanol–water partition coefficient (Wildman–Crippen LogP) is 3.29. The third-order valence-corrected chi connectivity index (χ3v) is 4.11. The van der Waals surface area contributed by atoms with Crippen LogP contribution in [0.5, 0.6) is 11.5 Å². The van der Waals surface area contributed by atoms with E-state index >= 15 is 0 Å². The van der Waals surface area contributed by atoms with Gasteiger partial charge in [0.15, 0.2) is 11.5 Å². The van der Waals surface area contributed by atoms with E-state index in [1.165, 1.54) is 0 Å². The van der Waals surface area contributed by atoms with Gasteiger partial charge in [-0.15, -0.1) is 0 Å². The van der Waals surface area contributed by atoms with Gasteiger partial charge in [0.2, 0.25) is 0 Å². The molecule has 5 heteroatoms. The van der Waals surface area contributed by atoms with Crippen LogP contribution in [-0.4, -0.2) is 40.9 Å². The van der Waals surface area contributed by atoms with E-state index in [1.54, 1.807) is 13.0 Å². The van der Waals surface area contributed by atoms with Gasteiger partial charge in [0.05, 0.1) is 6.10 Å². The van der Waals surface area contributed by atoms with Gasteiger partial charge < -0.3 is 14.9 Å². The molecule has 0 saturated heterocycles. The van der Waals surface area contributed by atoms with Gasteiger partial charge in [-0.25, -0.2) is 0 Å². The van der Waals surface area contributed by atoms with Crippen LogP contribution in [0.25, 0.3) is 11.1 Å². The third-order valence-electron chi connectivity index (χ3n) is 3.87. The first-order valence-electron chi connectivity index (χ1n) is 7.68. The lowest BCUT2D eigenvalue weighted by Crippen LogP contribution is -2.32. The van der Waals surface area contributed by atoms with Crippen molar-refractivity contribution in [2.75, 3.05) is 19.7 Å². The Hall–Kier alpha value is -1.75. The van der Waals surface area contributed by atoms with Crippen LogP contribution < -0.4 is 4.74 Å². The molecule has 1 unspecified atom stereocenters. The number of phenols is 1. The molecule has 3 rings (SSSR count).